The minimum Gasteiger partial charge on any atom is -0.372 e. The first-order valence-electron chi connectivity index (χ1n) is 6.67. The van der Waals surface area contributed by atoms with Crippen molar-refractivity contribution >= 4 is 0 Å². The first-order valence-corrected chi connectivity index (χ1v) is 6.67. The standard InChI is InChI=1S/C15H22FNO/c1-4-15(3)7-8-18-14(10-17-15)12-6-5-11(2)13(16)9-12/h5-6,9,14,17H,4,7-8,10H2,1-3H3. The lowest BCUT2D eigenvalue weighted by Crippen LogP contribution is -2.42. The van der Waals surface area contributed by atoms with E-state index in [0.29, 0.717) is 5.56 Å². The molecule has 0 aromatic heterocycles. The van der Waals surface area contributed by atoms with Crippen LogP contribution in [0.5, 0.6) is 0 Å². The average Bonchev–Trinajstić information content (AvgIpc) is 2.56. The summed E-state index contributed by atoms with van der Waals surface area (Å²) in [5.41, 5.74) is 1.74. The second-order valence-electron chi connectivity index (χ2n) is 5.41. The molecule has 1 heterocycles. The number of nitrogens with one attached hydrogen (secondary N) is 1. The van der Waals surface area contributed by atoms with Gasteiger partial charge in [0.2, 0.25) is 0 Å². The molecule has 1 aromatic rings. The number of halogens is 1. The minimum absolute atomic E-state index is 0.0477. The maximum Gasteiger partial charge on any atom is 0.126 e. The molecule has 1 aromatic carbocycles. The molecule has 2 rings (SSSR count). The Kier molecular flexibility index (Phi) is 4.03. The fraction of sp³-hybridized carbons (Fsp3) is 0.600. The molecular weight excluding hydrogens is 229 g/mol. The fourth-order valence-electron chi connectivity index (χ4n) is 2.24. The van der Waals surface area contributed by atoms with E-state index in [1.165, 1.54) is 0 Å². The summed E-state index contributed by atoms with van der Waals surface area (Å²) in [5.74, 6) is -0.154. The predicted octanol–water partition coefficient (Wildman–Crippen LogP) is 3.35. The lowest BCUT2D eigenvalue weighted by molar-refractivity contribution is 0.0651. The van der Waals surface area contributed by atoms with Gasteiger partial charge in [-0.25, -0.2) is 4.39 Å². The van der Waals surface area contributed by atoms with Crippen LogP contribution in [0.1, 0.15) is 43.9 Å². The molecule has 1 saturated heterocycles. The van der Waals surface area contributed by atoms with Crippen molar-refractivity contribution in [1.82, 2.24) is 5.32 Å². The van der Waals surface area contributed by atoms with Crippen LogP contribution in [0.3, 0.4) is 0 Å². The highest BCUT2D eigenvalue weighted by molar-refractivity contribution is 5.25. The Balaban J connectivity index is 2.12. The van der Waals surface area contributed by atoms with Gasteiger partial charge in [-0.2, -0.15) is 0 Å². The molecule has 0 spiro atoms. The summed E-state index contributed by atoms with van der Waals surface area (Å²) in [5, 5.41) is 3.54. The molecule has 18 heavy (non-hydrogen) atoms. The van der Waals surface area contributed by atoms with Gasteiger partial charge in [-0.3, -0.25) is 0 Å². The lowest BCUT2D eigenvalue weighted by atomic mass is 9.95. The Bertz CT molecular complexity index is 421. The highest BCUT2D eigenvalue weighted by Gasteiger charge is 2.27. The molecule has 1 fully saturated rings. The van der Waals surface area contributed by atoms with Crippen LogP contribution in [0.15, 0.2) is 18.2 Å². The minimum atomic E-state index is -0.154. The summed E-state index contributed by atoms with van der Waals surface area (Å²) >= 11 is 0. The first kappa shape index (κ1) is 13.5. The van der Waals surface area contributed by atoms with Crippen molar-refractivity contribution in [2.45, 2.75) is 45.3 Å². The van der Waals surface area contributed by atoms with Crippen LogP contribution in [0.25, 0.3) is 0 Å². The molecule has 0 bridgehead atoms. The molecule has 0 amide bonds. The monoisotopic (exact) mass is 251 g/mol. The molecule has 0 aliphatic carbocycles. The van der Waals surface area contributed by atoms with E-state index < -0.39 is 0 Å². The van der Waals surface area contributed by atoms with Gasteiger partial charge in [-0.05, 0) is 43.9 Å². The average molecular weight is 251 g/mol. The molecule has 0 radical (unpaired) electrons. The zero-order valence-electron chi connectivity index (χ0n) is 11.4. The SMILES string of the molecule is CCC1(C)CCOC(c2ccc(C)c(F)c2)CN1. The largest absolute Gasteiger partial charge is 0.372 e. The molecule has 0 saturated carbocycles. The summed E-state index contributed by atoms with van der Waals surface area (Å²) < 4.78 is 19.4. The van der Waals surface area contributed by atoms with Crippen molar-refractivity contribution in [1.29, 1.82) is 0 Å². The van der Waals surface area contributed by atoms with Crippen LogP contribution in [-0.4, -0.2) is 18.7 Å². The van der Waals surface area contributed by atoms with Crippen molar-refractivity contribution in [3.63, 3.8) is 0 Å². The van der Waals surface area contributed by atoms with Crippen LogP contribution in [0.4, 0.5) is 4.39 Å². The molecule has 1 aliphatic heterocycles. The van der Waals surface area contributed by atoms with E-state index in [4.69, 9.17) is 4.74 Å². The first-order chi connectivity index (χ1) is 8.54. The highest BCUT2D eigenvalue weighted by atomic mass is 19.1. The molecular formula is C15H22FNO. The van der Waals surface area contributed by atoms with Gasteiger partial charge < -0.3 is 10.1 Å². The number of aryl methyl sites for hydroxylation is 1. The van der Waals surface area contributed by atoms with Gasteiger partial charge in [0.1, 0.15) is 5.82 Å². The maximum atomic E-state index is 13.6. The molecule has 1 aliphatic rings. The van der Waals surface area contributed by atoms with Crippen LogP contribution >= 0.6 is 0 Å². The molecule has 2 nitrogen and oxygen atoms in total. The highest BCUT2D eigenvalue weighted by Crippen LogP contribution is 2.26. The Hall–Kier alpha value is -0.930. The fourth-order valence-corrected chi connectivity index (χ4v) is 2.24. The smallest absolute Gasteiger partial charge is 0.126 e. The normalized spacial score (nSPS) is 29.0. The number of hydrogen-bond donors (Lipinski definition) is 1. The summed E-state index contributed by atoms with van der Waals surface area (Å²) in [4.78, 5) is 0. The van der Waals surface area contributed by atoms with Gasteiger partial charge >= 0.3 is 0 Å². The van der Waals surface area contributed by atoms with Crippen molar-refractivity contribution in [3.05, 3.63) is 35.1 Å². The predicted molar refractivity (Wildman–Crippen MR) is 71.1 cm³/mol. The van der Waals surface area contributed by atoms with Crippen LogP contribution in [-0.2, 0) is 4.74 Å². The number of benzene rings is 1. The van der Waals surface area contributed by atoms with E-state index >= 15 is 0 Å². The topological polar surface area (TPSA) is 21.3 Å². The summed E-state index contributed by atoms with van der Waals surface area (Å²) in [6, 6.07) is 5.37. The zero-order chi connectivity index (χ0) is 13.2. The van der Waals surface area contributed by atoms with Crippen LogP contribution in [0.2, 0.25) is 0 Å². The van der Waals surface area contributed by atoms with Crippen LogP contribution < -0.4 is 5.32 Å². The van der Waals surface area contributed by atoms with Gasteiger partial charge in [0, 0.05) is 18.7 Å². The number of ether oxygens (including phenoxy) is 1. The van der Waals surface area contributed by atoms with E-state index in [2.05, 4.69) is 19.2 Å². The van der Waals surface area contributed by atoms with Gasteiger partial charge in [0.25, 0.3) is 0 Å². The Morgan fingerprint density at radius 3 is 2.94 bits per heavy atom. The van der Waals surface area contributed by atoms with Gasteiger partial charge in [-0.15, -0.1) is 0 Å². The number of rotatable bonds is 2. The Labute approximate surface area is 109 Å². The third-order valence-corrected chi connectivity index (χ3v) is 4.04. The quantitative estimate of drug-likeness (QED) is 0.870. The van der Waals surface area contributed by atoms with E-state index in [9.17, 15) is 4.39 Å². The van der Waals surface area contributed by atoms with Crippen LogP contribution in [0, 0.1) is 12.7 Å². The molecule has 100 valence electrons. The van der Waals surface area contributed by atoms with E-state index in [1.807, 2.05) is 12.1 Å². The summed E-state index contributed by atoms with van der Waals surface area (Å²) in [6.45, 7) is 7.64. The Morgan fingerprint density at radius 2 is 2.28 bits per heavy atom. The summed E-state index contributed by atoms with van der Waals surface area (Å²) in [7, 11) is 0. The third kappa shape index (κ3) is 2.90. The lowest BCUT2D eigenvalue weighted by Gasteiger charge is -2.27. The molecule has 3 heteroatoms. The summed E-state index contributed by atoms with van der Waals surface area (Å²) in [6.07, 6.45) is 2.02. The van der Waals surface area contributed by atoms with E-state index in [-0.39, 0.29) is 17.5 Å². The molecule has 2 atom stereocenters. The van der Waals surface area contributed by atoms with Crippen molar-refractivity contribution in [3.8, 4) is 0 Å². The Morgan fingerprint density at radius 1 is 1.50 bits per heavy atom. The van der Waals surface area contributed by atoms with Crippen molar-refractivity contribution in [2.24, 2.45) is 0 Å². The third-order valence-electron chi connectivity index (χ3n) is 4.04. The van der Waals surface area contributed by atoms with Gasteiger partial charge in [0.05, 0.1) is 6.10 Å². The maximum absolute atomic E-state index is 13.6. The zero-order valence-corrected chi connectivity index (χ0v) is 11.4. The van der Waals surface area contributed by atoms with Gasteiger partial charge in [0.15, 0.2) is 0 Å². The van der Waals surface area contributed by atoms with Gasteiger partial charge in [-0.1, -0.05) is 19.1 Å². The van der Waals surface area contributed by atoms with Crippen molar-refractivity contribution < 1.29 is 9.13 Å². The molecule has 1 N–H and O–H groups in total. The second-order valence-corrected chi connectivity index (χ2v) is 5.41. The second kappa shape index (κ2) is 5.37. The van der Waals surface area contributed by atoms with Crippen molar-refractivity contribution in [2.75, 3.05) is 13.2 Å². The molecule has 2 unspecified atom stereocenters. The van der Waals surface area contributed by atoms with E-state index in [1.54, 1.807) is 13.0 Å². The number of hydrogen-bond acceptors (Lipinski definition) is 2. The van der Waals surface area contributed by atoms with E-state index in [0.717, 1.165) is 31.6 Å².